The fourth-order valence-electron chi connectivity index (χ4n) is 0.860. The number of thioether (sulfide) groups is 1. The molecule has 0 radical (unpaired) electrons. The number of ether oxygens (including phenoxy) is 1. The molecule has 0 saturated heterocycles. The van der Waals surface area contributed by atoms with Crippen molar-refractivity contribution < 1.29 is 9.53 Å². The van der Waals surface area contributed by atoms with Crippen molar-refractivity contribution >= 4 is 17.7 Å². The van der Waals surface area contributed by atoms with Crippen LogP contribution in [0.4, 0.5) is 0 Å². The van der Waals surface area contributed by atoms with Gasteiger partial charge in [-0.3, -0.25) is 0 Å². The van der Waals surface area contributed by atoms with Gasteiger partial charge in [-0.25, -0.2) is 14.8 Å². The topological polar surface area (TPSA) is 52.1 Å². The van der Waals surface area contributed by atoms with Crippen LogP contribution in [0.3, 0.4) is 0 Å². The standard InChI is InChI=1S/C10H12N2O2S/c1-8(10(13)14-2)4-6-15-9-3-5-11-7-12-9/h3-5,7H,6H2,1-2H3. The Bertz CT molecular complexity index is 352. The maximum absolute atomic E-state index is 11.0. The van der Waals surface area contributed by atoms with E-state index in [1.54, 1.807) is 24.9 Å². The van der Waals surface area contributed by atoms with Gasteiger partial charge in [0.05, 0.1) is 12.1 Å². The van der Waals surface area contributed by atoms with Crippen molar-refractivity contribution in [1.29, 1.82) is 0 Å². The Hall–Kier alpha value is -1.36. The lowest BCUT2D eigenvalue weighted by atomic mass is 10.3. The molecule has 1 rings (SSSR count). The van der Waals surface area contributed by atoms with Crippen LogP contribution in [0.2, 0.25) is 0 Å². The van der Waals surface area contributed by atoms with Gasteiger partial charge in [0.2, 0.25) is 0 Å². The van der Waals surface area contributed by atoms with Gasteiger partial charge in [-0.15, -0.1) is 11.8 Å². The van der Waals surface area contributed by atoms with Crippen molar-refractivity contribution in [2.75, 3.05) is 12.9 Å². The number of esters is 1. The minimum atomic E-state index is -0.293. The summed E-state index contributed by atoms with van der Waals surface area (Å²) in [4.78, 5) is 18.9. The van der Waals surface area contributed by atoms with Gasteiger partial charge in [-0.1, -0.05) is 6.08 Å². The van der Waals surface area contributed by atoms with Crippen molar-refractivity contribution in [3.63, 3.8) is 0 Å². The van der Waals surface area contributed by atoms with E-state index in [0.717, 1.165) is 5.03 Å². The van der Waals surface area contributed by atoms with Crippen molar-refractivity contribution in [2.24, 2.45) is 0 Å². The number of nitrogens with zero attached hydrogens (tertiary/aromatic N) is 2. The first kappa shape index (κ1) is 11.7. The lowest BCUT2D eigenvalue weighted by molar-refractivity contribution is -0.136. The van der Waals surface area contributed by atoms with Crippen LogP contribution in [0.5, 0.6) is 0 Å². The Morgan fingerprint density at radius 2 is 2.47 bits per heavy atom. The molecule has 0 N–H and O–H groups in total. The third-order valence-corrected chi connectivity index (χ3v) is 2.55. The molecule has 0 atom stereocenters. The van der Waals surface area contributed by atoms with Crippen LogP contribution in [0.25, 0.3) is 0 Å². The molecule has 0 spiro atoms. The van der Waals surface area contributed by atoms with Gasteiger partial charge in [0.25, 0.3) is 0 Å². The van der Waals surface area contributed by atoms with Crippen LogP contribution in [0.1, 0.15) is 6.92 Å². The van der Waals surface area contributed by atoms with Gasteiger partial charge in [-0.05, 0) is 13.0 Å². The van der Waals surface area contributed by atoms with Gasteiger partial charge < -0.3 is 4.74 Å². The normalized spacial score (nSPS) is 11.2. The van der Waals surface area contributed by atoms with Crippen LogP contribution in [0.15, 0.2) is 35.3 Å². The smallest absolute Gasteiger partial charge is 0.333 e. The number of carbonyl (C=O) groups excluding carboxylic acids is 1. The molecule has 0 aliphatic heterocycles. The van der Waals surface area contributed by atoms with E-state index in [1.807, 2.05) is 12.1 Å². The Morgan fingerprint density at radius 1 is 1.67 bits per heavy atom. The fourth-order valence-corrected chi connectivity index (χ4v) is 1.64. The SMILES string of the molecule is COC(=O)C(C)=CCSc1ccncn1. The van der Waals surface area contributed by atoms with E-state index in [-0.39, 0.29) is 5.97 Å². The molecule has 0 aliphatic rings. The summed E-state index contributed by atoms with van der Waals surface area (Å²) in [5.74, 6) is 0.399. The number of hydrogen-bond donors (Lipinski definition) is 0. The second-order valence-corrected chi connectivity index (χ2v) is 3.78. The van der Waals surface area contributed by atoms with Gasteiger partial charge >= 0.3 is 5.97 Å². The lowest BCUT2D eigenvalue weighted by Gasteiger charge is -1.98. The van der Waals surface area contributed by atoms with Crippen LogP contribution < -0.4 is 0 Å². The molecule has 0 saturated carbocycles. The summed E-state index contributed by atoms with van der Waals surface area (Å²) in [6, 6.07) is 1.83. The number of hydrogen-bond acceptors (Lipinski definition) is 5. The summed E-state index contributed by atoms with van der Waals surface area (Å²) in [6.45, 7) is 1.73. The van der Waals surface area contributed by atoms with Crippen LogP contribution in [-0.2, 0) is 9.53 Å². The van der Waals surface area contributed by atoms with Crippen molar-refractivity contribution in [2.45, 2.75) is 11.9 Å². The molecule has 0 bridgehead atoms. The first-order chi connectivity index (χ1) is 7.24. The largest absolute Gasteiger partial charge is 0.466 e. The van der Waals surface area contributed by atoms with Crippen LogP contribution >= 0.6 is 11.8 Å². The molecule has 0 fully saturated rings. The van der Waals surface area contributed by atoms with E-state index in [1.165, 1.54) is 13.4 Å². The highest BCUT2D eigenvalue weighted by molar-refractivity contribution is 7.99. The monoisotopic (exact) mass is 224 g/mol. The van der Waals surface area contributed by atoms with Crippen LogP contribution in [0, 0.1) is 0 Å². The van der Waals surface area contributed by atoms with E-state index in [9.17, 15) is 4.79 Å². The Morgan fingerprint density at radius 3 is 3.07 bits per heavy atom. The Balaban J connectivity index is 2.42. The van der Waals surface area contributed by atoms with Crippen molar-refractivity contribution in [3.05, 3.63) is 30.2 Å². The lowest BCUT2D eigenvalue weighted by Crippen LogP contribution is -2.01. The average molecular weight is 224 g/mol. The third kappa shape index (κ3) is 4.12. The summed E-state index contributed by atoms with van der Waals surface area (Å²) >= 11 is 1.54. The summed E-state index contributed by atoms with van der Waals surface area (Å²) in [5.41, 5.74) is 0.610. The highest BCUT2D eigenvalue weighted by Gasteiger charge is 2.01. The molecule has 1 heterocycles. The summed E-state index contributed by atoms with van der Waals surface area (Å²) < 4.78 is 4.57. The molecular formula is C10H12N2O2S. The second kappa shape index (κ2) is 6.19. The molecule has 80 valence electrons. The summed E-state index contributed by atoms with van der Waals surface area (Å²) in [5, 5.41) is 0.888. The van der Waals surface area contributed by atoms with E-state index in [2.05, 4.69) is 14.7 Å². The summed E-state index contributed by atoms with van der Waals surface area (Å²) in [6.07, 6.45) is 5.00. The highest BCUT2D eigenvalue weighted by Crippen LogP contribution is 2.14. The van der Waals surface area contributed by atoms with Gasteiger partial charge in [-0.2, -0.15) is 0 Å². The van der Waals surface area contributed by atoms with Gasteiger partial charge in [0.15, 0.2) is 0 Å². The minimum absolute atomic E-state index is 0.293. The van der Waals surface area contributed by atoms with Gasteiger partial charge in [0, 0.05) is 17.5 Å². The molecule has 0 aliphatic carbocycles. The van der Waals surface area contributed by atoms with Crippen molar-refractivity contribution in [3.8, 4) is 0 Å². The van der Waals surface area contributed by atoms with Gasteiger partial charge in [0.1, 0.15) is 6.33 Å². The number of carbonyl (C=O) groups is 1. The maximum atomic E-state index is 11.0. The second-order valence-electron chi connectivity index (χ2n) is 2.74. The molecule has 4 nitrogen and oxygen atoms in total. The molecule has 15 heavy (non-hydrogen) atoms. The first-order valence-electron chi connectivity index (χ1n) is 4.38. The third-order valence-electron chi connectivity index (χ3n) is 1.68. The van der Waals surface area contributed by atoms with E-state index in [0.29, 0.717) is 11.3 Å². The first-order valence-corrected chi connectivity index (χ1v) is 5.36. The zero-order chi connectivity index (χ0) is 11.1. The predicted octanol–water partition coefficient (Wildman–Crippen LogP) is 1.69. The molecule has 1 aromatic rings. The van der Waals surface area contributed by atoms with E-state index < -0.39 is 0 Å². The predicted molar refractivity (Wildman–Crippen MR) is 58.5 cm³/mol. The molecule has 1 aromatic heterocycles. The minimum Gasteiger partial charge on any atom is -0.466 e. The van der Waals surface area contributed by atoms with E-state index in [4.69, 9.17) is 0 Å². The maximum Gasteiger partial charge on any atom is 0.333 e. The zero-order valence-electron chi connectivity index (χ0n) is 8.64. The highest BCUT2D eigenvalue weighted by atomic mass is 32.2. The average Bonchev–Trinajstić information content (AvgIpc) is 2.29. The number of aromatic nitrogens is 2. The Labute approximate surface area is 92.8 Å². The zero-order valence-corrected chi connectivity index (χ0v) is 9.45. The number of methoxy groups -OCH3 is 1. The van der Waals surface area contributed by atoms with Crippen molar-refractivity contribution in [1.82, 2.24) is 9.97 Å². The van der Waals surface area contributed by atoms with E-state index >= 15 is 0 Å². The summed E-state index contributed by atoms with van der Waals surface area (Å²) in [7, 11) is 1.37. The molecular weight excluding hydrogens is 212 g/mol. The fraction of sp³-hybridized carbons (Fsp3) is 0.300. The molecule has 0 unspecified atom stereocenters. The molecule has 0 amide bonds. The quantitative estimate of drug-likeness (QED) is 0.337. The Kier molecular flexibility index (Phi) is 4.83. The molecule has 0 aromatic carbocycles. The van der Waals surface area contributed by atoms with Crippen LogP contribution in [-0.4, -0.2) is 28.8 Å². The number of rotatable bonds is 4. The molecule has 5 heteroatoms.